The van der Waals surface area contributed by atoms with Crippen molar-refractivity contribution in [1.82, 2.24) is 20.4 Å². The van der Waals surface area contributed by atoms with Gasteiger partial charge >= 0.3 is 18.0 Å². The van der Waals surface area contributed by atoms with Gasteiger partial charge in [-0.15, -0.1) is 0 Å². The van der Waals surface area contributed by atoms with E-state index >= 15 is 0 Å². The highest BCUT2D eigenvalue weighted by molar-refractivity contribution is 5.95. The van der Waals surface area contributed by atoms with Crippen LogP contribution in [0.5, 0.6) is 5.75 Å². The van der Waals surface area contributed by atoms with Crippen LogP contribution in [-0.4, -0.2) is 54.1 Å². The molecule has 3 rings (SSSR count). The van der Waals surface area contributed by atoms with E-state index in [0.717, 1.165) is 5.69 Å². The number of para-hydroxylation sites is 1. The number of benzene rings is 1. The van der Waals surface area contributed by atoms with E-state index in [2.05, 4.69) is 15.7 Å². The minimum absolute atomic E-state index is 0.0343. The number of ether oxygens (including phenoxy) is 3. The Morgan fingerprint density at radius 3 is 2.57 bits per heavy atom. The number of amides is 2. The van der Waals surface area contributed by atoms with Crippen LogP contribution in [0.4, 0.5) is 4.79 Å². The lowest BCUT2D eigenvalue weighted by molar-refractivity contribution is -0.139. The fraction of sp³-hybridized carbons (Fsp3) is 0.300. The maximum absolute atomic E-state index is 12.6. The molecule has 2 amide bonds. The first kappa shape index (κ1) is 20.9. The summed E-state index contributed by atoms with van der Waals surface area (Å²) in [5.41, 5.74) is 1.04. The Kier molecular flexibility index (Phi) is 6.35. The maximum atomic E-state index is 12.6. The van der Waals surface area contributed by atoms with Crippen LogP contribution in [0.3, 0.4) is 0 Å². The van der Waals surface area contributed by atoms with E-state index in [9.17, 15) is 14.4 Å². The average Bonchev–Trinajstić information content (AvgIpc) is 3.17. The van der Waals surface area contributed by atoms with Crippen LogP contribution in [0.15, 0.2) is 47.8 Å². The number of hydrogen-bond acceptors (Lipinski definition) is 7. The summed E-state index contributed by atoms with van der Waals surface area (Å²) in [4.78, 5) is 36.7. The van der Waals surface area contributed by atoms with Crippen molar-refractivity contribution in [1.29, 1.82) is 0 Å². The summed E-state index contributed by atoms with van der Waals surface area (Å²) in [6.07, 6.45) is 1.56. The van der Waals surface area contributed by atoms with Crippen molar-refractivity contribution < 1.29 is 28.6 Å². The van der Waals surface area contributed by atoms with E-state index in [1.165, 1.54) is 11.8 Å². The van der Waals surface area contributed by atoms with E-state index in [4.69, 9.17) is 14.2 Å². The summed E-state index contributed by atoms with van der Waals surface area (Å²) < 4.78 is 17.1. The van der Waals surface area contributed by atoms with Crippen molar-refractivity contribution >= 4 is 18.0 Å². The van der Waals surface area contributed by atoms with Gasteiger partial charge in [0.1, 0.15) is 6.61 Å². The van der Waals surface area contributed by atoms with Crippen LogP contribution in [0, 0.1) is 0 Å². The van der Waals surface area contributed by atoms with Gasteiger partial charge in [-0.25, -0.2) is 19.1 Å². The highest BCUT2D eigenvalue weighted by Gasteiger charge is 2.31. The molecule has 0 saturated carbocycles. The average molecular weight is 414 g/mol. The van der Waals surface area contributed by atoms with Gasteiger partial charge < -0.3 is 24.8 Å². The summed E-state index contributed by atoms with van der Waals surface area (Å²) in [5, 5.41) is 9.31. The Hall–Kier alpha value is -3.82. The molecule has 1 aromatic carbocycles. The third-order valence-corrected chi connectivity index (χ3v) is 4.33. The molecule has 10 nitrogen and oxygen atoms in total. The number of methoxy groups -OCH3 is 1. The summed E-state index contributed by atoms with van der Waals surface area (Å²) in [5.74, 6) is -1.14. The summed E-state index contributed by atoms with van der Waals surface area (Å²) in [7, 11) is 1.42. The van der Waals surface area contributed by atoms with Gasteiger partial charge in [0, 0.05) is 0 Å². The second kappa shape index (κ2) is 9.12. The van der Waals surface area contributed by atoms with Gasteiger partial charge in [-0.1, -0.05) is 18.2 Å². The van der Waals surface area contributed by atoms with Crippen LogP contribution < -0.4 is 15.4 Å². The molecule has 158 valence electrons. The number of carbonyl (C=O) groups excluding carboxylic acids is 3. The zero-order valence-corrected chi connectivity index (χ0v) is 16.8. The molecule has 2 heterocycles. The molecule has 10 heteroatoms. The lowest BCUT2D eigenvalue weighted by Gasteiger charge is -2.26. The monoisotopic (exact) mass is 414 g/mol. The molecule has 1 aliphatic rings. The number of rotatable bonds is 7. The van der Waals surface area contributed by atoms with Gasteiger partial charge in [-0.05, 0) is 26.0 Å². The van der Waals surface area contributed by atoms with Crippen molar-refractivity contribution in [2.45, 2.75) is 19.9 Å². The molecular formula is C20H22N4O6. The van der Waals surface area contributed by atoms with Crippen molar-refractivity contribution in [2.24, 2.45) is 0 Å². The molecule has 1 aromatic heterocycles. The van der Waals surface area contributed by atoms with E-state index in [1.807, 2.05) is 30.3 Å². The van der Waals surface area contributed by atoms with Gasteiger partial charge in [0.2, 0.25) is 5.69 Å². The van der Waals surface area contributed by atoms with Gasteiger partial charge in [0.15, 0.2) is 5.75 Å². The minimum Gasteiger partial charge on any atom is -0.493 e. The largest absolute Gasteiger partial charge is 0.493 e. The summed E-state index contributed by atoms with van der Waals surface area (Å²) >= 11 is 0. The zero-order valence-electron chi connectivity index (χ0n) is 16.8. The number of nitrogens with one attached hydrogen (secondary N) is 2. The molecule has 0 saturated heterocycles. The fourth-order valence-electron chi connectivity index (χ4n) is 2.96. The number of esters is 2. The lowest BCUT2D eigenvalue weighted by atomic mass is 10.0. The standard InChI is InChI=1S/C20H22N4O6/c1-4-29-18(25)16-12(2)21-20(27)22-14(16)11-30-19(26)17-15(28-3)10-24(23-17)13-8-6-5-7-9-13/h5-10,12H,4,11H2,1-3H3,(H2,21,22,27)/t12-/m0/s1. The van der Waals surface area contributed by atoms with Crippen LogP contribution in [0.2, 0.25) is 0 Å². The number of nitrogens with zero attached hydrogens (tertiary/aromatic N) is 2. The van der Waals surface area contributed by atoms with E-state index in [1.54, 1.807) is 20.0 Å². The third-order valence-electron chi connectivity index (χ3n) is 4.33. The highest BCUT2D eigenvalue weighted by Crippen LogP contribution is 2.21. The molecule has 0 unspecified atom stereocenters. The molecule has 0 aliphatic carbocycles. The second-order valence-corrected chi connectivity index (χ2v) is 6.34. The van der Waals surface area contributed by atoms with Gasteiger partial charge in [-0.3, -0.25) is 0 Å². The molecule has 0 radical (unpaired) electrons. The number of urea groups is 1. The van der Waals surface area contributed by atoms with Crippen molar-refractivity contribution in [3.05, 3.63) is 53.5 Å². The van der Waals surface area contributed by atoms with Crippen LogP contribution in [0.25, 0.3) is 5.69 Å². The summed E-state index contributed by atoms with van der Waals surface area (Å²) in [6, 6.07) is 8.08. The molecule has 0 bridgehead atoms. The quantitative estimate of drug-likeness (QED) is 0.660. The molecule has 1 atom stereocenters. The Balaban J connectivity index is 1.81. The predicted molar refractivity (Wildman–Crippen MR) is 105 cm³/mol. The van der Waals surface area contributed by atoms with Crippen molar-refractivity contribution in [3.63, 3.8) is 0 Å². The van der Waals surface area contributed by atoms with E-state index < -0.39 is 24.0 Å². The fourth-order valence-corrected chi connectivity index (χ4v) is 2.96. The smallest absolute Gasteiger partial charge is 0.363 e. The Morgan fingerprint density at radius 1 is 1.17 bits per heavy atom. The SMILES string of the molecule is CCOC(=O)C1=C(COC(=O)c2nn(-c3ccccc3)cc2OC)NC(=O)N[C@H]1C. The zero-order chi connectivity index (χ0) is 21.7. The first-order chi connectivity index (χ1) is 14.4. The summed E-state index contributed by atoms with van der Waals surface area (Å²) in [6.45, 7) is 3.14. The van der Waals surface area contributed by atoms with Gasteiger partial charge in [0.25, 0.3) is 0 Å². The molecule has 2 N–H and O–H groups in total. The number of carbonyl (C=O) groups is 3. The molecule has 2 aromatic rings. The molecule has 30 heavy (non-hydrogen) atoms. The third kappa shape index (κ3) is 4.43. The predicted octanol–water partition coefficient (Wildman–Crippen LogP) is 1.56. The Morgan fingerprint density at radius 2 is 1.90 bits per heavy atom. The number of hydrogen-bond donors (Lipinski definition) is 2. The number of aromatic nitrogens is 2. The molecule has 0 fully saturated rings. The van der Waals surface area contributed by atoms with E-state index in [0.29, 0.717) is 0 Å². The topological polar surface area (TPSA) is 121 Å². The molecular weight excluding hydrogens is 392 g/mol. The first-order valence-corrected chi connectivity index (χ1v) is 9.28. The van der Waals surface area contributed by atoms with Crippen LogP contribution in [0.1, 0.15) is 24.3 Å². The van der Waals surface area contributed by atoms with Crippen molar-refractivity contribution in [2.75, 3.05) is 20.3 Å². The lowest BCUT2D eigenvalue weighted by Crippen LogP contribution is -2.50. The highest BCUT2D eigenvalue weighted by atomic mass is 16.5. The van der Waals surface area contributed by atoms with Gasteiger partial charge in [-0.2, -0.15) is 5.10 Å². The Bertz CT molecular complexity index is 982. The van der Waals surface area contributed by atoms with Crippen molar-refractivity contribution in [3.8, 4) is 11.4 Å². The van der Waals surface area contributed by atoms with E-state index in [-0.39, 0.29) is 35.9 Å². The van der Waals surface area contributed by atoms with Gasteiger partial charge in [0.05, 0.1) is 42.9 Å². The molecule has 1 aliphatic heterocycles. The first-order valence-electron chi connectivity index (χ1n) is 9.28. The second-order valence-electron chi connectivity index (χ2n) is 6.34. The normalized spacial score (nSPS) is 15.8. The minimum atomic E-state index is -0.766. The molecule has 0 spiro atoms. The Labute approximate surface area is 172 Å². The van der Waals surface area contributed by atoms with Crippen LogP contribution in [-0.2, 0) is 14.3 Å². The maximum Gasteiger partial charge on any atom is 0.363 e. The van der Waals surface area contributed by atoms with Crippen LogP contribution >= 0.6 is 0 Å².